The Labute approximate surface area is 208 Å². The van der Waals surface area contributed by atoms with Crippen LogP contribution in [0, 0.1) is 11.6 Å². The summed E-state index contributed by atoms with van der Waals surface area (Å²) >= 11 is 0. The van der Waals surface area contributed by atoms with E-state index in [0.717, 1.165) is 38.1 Å². The molecule has 0 saturated carbocycles. The molecular weight excluding hydrogens is 472 g/mol. The zero-order chi connectivity index (χ0) is 25.9. The number of halogens is 2. The molecule has 5 N–H and O–H groups in total. The molecule has 2 saturated heterocycles. The first-order chi connectivity index (χ1) is 17.2. The topological polar surface area (TPSA) is 127 Å². The van der Waals surface area contributed by atoms with E-state index in [0.29, 0.717) is 6.04 Å². The molecule has 2 fully saturated rings. The number of nitrogens with one attached hydrogen (secondary N) is 3. The number of amides is 2. The van der Waals surface area contributed by atoms with Crippen molar-refractivity contribution in [2.75, 3.05) is 42.8 Å². The van der Waals surface area contributed by atoms with Gasteiger partial charge in [-0.1, -0.05) is 0 Å². The summed E-state index contributed by atoms with van der Waals surface area (Å²) in [7, 11) is 1.50. The summed E-state index contributed by atoms with van der Waals surface area (Å²) in [6, 6.07) is 2.07. The van der Waals surface area contributed by atoms with Gasteiger partial charge >= 0.3 is 6.03 Å². The third-order valence-electron chi connectivity index (χ3n) is 6.66. The third-order valence-corrected chi connectivity index (χ3v) is 6.66. The minimum Gasteiger partial charge on any atom is -0.489 e. The molecule has 0 unspecified atom stereocenters. The first kappa shape index (κ1) is 25.8. The van der Waals surface area contributed by atoms with Gasteiger partial charge in [-0.05, 0) is 52.1 Å². The molecule has 0 radical (unpaired) electrons. The van der Waals surface area contributed by atoms with Crippen LogP contribution in [0.5, 0.6) is 5.75 Å². The highest BCUT2D eigenvalue weighted by molar-refractivity contribution is 5.90. The second-order valence-electron chi connectivity index (χ2n) is 9.76. The van der Waals surface area contributed by atoms with E-state index < -0.39 is 17.7 Å². The Morgan fingerprint density at radius 3 is 2.81 bits per heavy atom. The number of carbonyl (C=O) groups excluding carboxylic acids is 1. The van der Waals surface area contributed by atoms with Gasteiger partial charge < -0.3 is 31.2 Å². The van der Waals surface area contributed by atoms with Gasteiger partial charge in [-0.25, -0.2) is 18.6 Å². The summed E-state index contributed by atoms with van der Waals surface area (Å²) in [6.07, 6.45) is 5.09. The number of nitrogens with two attached hydrogens (primary N) is 1. The fourth-order valence-electron chi connectivity index (χ4n) is 5.20. The van der Waals surface area contributed by atoms with E-state index >= 15 is 0 Å². The van der Waals surface area contributed by atoms with Crippen molar-refractivity contribution in [1.82, 2.24) is 14.9 Å². The summed E-state index contributed by atoms with van der Waals surface area (Å²) in [6.45, 7) is 5.93. The summed E-state index contributed by atoms with van der Waals surface area (Å²) in [4.78, 5) is 22.2. The lowest BCUT2D eigenvalue weighted by molar-refractivity contribution is 0.0500. The Bertz CT molecular complexity index is 1100. The molecule has 2 aliphatic rings. The quantitative estimate of drug-likeness (QED) is 0.379. The highest BCUT2D eigenvalue weighted by Gasteiger charge is 2.43. The SMILES string of the molecule is COCCOc1cc(F)c(Nc2ncc(F)c(N[C@@H]3C[C@@H]4CCCN4C(C)(C)C3)n2)cc1NC(N)=O. The minimum atomic E-state index is -0.843. The van der Waals surface area contributed by atoms with Crippen molar-refractivity contribution in [2.45, 2.75) is 57.2 Å². The van der Waals surface area contributed by atoms with Crippen LogP contribution in [0.15, 0.2) is 18.3 Å². The number of carbonyl (C=O) groups is 1. The number of rotatable bonds is 9. The van der Waals surface area contributed by atoms with E-state index in [9.17, 15) is 13.6 Å². The third kappa shape index (κ3) is 5.93. The first-order valence-electron chi connectivity index (χ1n) is 12.0. The van der Waals surface area contributed by atoms with Crippen molar-refractivity contribution in [1.29, 1.82) is 0 Å². The molecular formula is C24H33F2N7O3. The van der Waals surface area contributed by atoms with Crippen molar-refractivity contribution in [3.8, 4) is 5.75 Å². The molecule has 2 atom stereocenters. The van der Waals surface area contributed by atoms with Gasteiger partial charge in [0.15, 0.2) is 17.5 Å². The second kappa shape index (κ2) is 10.8. The van der Waals surface area contributed by atoms with Crippen LogP contribution < -0.4 is 26.4 Å². The predicted octanol–water partition coefficient (Wildman–Crippen LogP) is 3.83. The van der Waals surface area contributed by atoms with Gasteiger partial charge in [-0.2, -0.15) is 4.98 Å². The molecule has 1 aromatic heterocycles. The lowest BCUT2D eigenvalue weighted by Crippen LogP contribution is -2.55. The van der Waals surface area contributed by atoms with E-state index in [4.69, 9.17) is 15.2 Å². The largest absolute Gasteiger partial charge is 0.489 e. The maximum absolute atomic E-state index is 14.9. The van der Waals surface area contributed by atoms with Gasteiger partial charge in [0, 0.05) is 30.8 Å². The standard InChI is InChI=1S/C24H33F2N7O3/c1-24(2)12-14(9-15-5-4-6-33(15)24)29-21-17(26)13-28-23(32-21)31-18-11-19(30-22(27)34)20(10-16(18)25)36-8-7-35-3/h10-11,13-15H,4-9,12H2,1-3H3,(H3,27,30,34)(H2,28,29,31,32)/t14-,15+/m1/s1. The lowest BCUT2D eigenvalue weighted by Gasteiger charge is -2.47. The van der Waals surface area contributed by atoms with Gasteiger partial charge in [-0.3, -0.25) is 4.90 Å². The van der Waals surface area contributed by atoms with Crippen LogP contribution in [0.25, 0.3) is 0 Å². The average Bonchev–Trinajstić information content (AvgIpc) is 3.28. The molecule has 0 spiro atoms. The predicted molar refractivity (Wildman–Crippen MR) is 133 cm³/mol. The number of fused-ring (bicyclic) bond motifs is 1. The van der Waals surface area contributed by atoms with Gasteiger partial charge in [0.05, 0.1) is 24.2 Å². The van der Waals surface area contributed by atoms with Crippen LogP contribution in [0.3, 0.4) is 0 Å². The molecule has 4 rings (SSSR count). The lowest BCUT2D eigenvalue weighted by atomic mass is 9.84. The maximum atomic E-state index is 14.9. The fraction of sp³-hybridized carbons (Fsp3) is 0.542. The number of methoxy groups -OCH3 is 1. The summed E-state index contributed by atoms with van der Waals surface area (Å²) in [5.74, 6) is -1.15. The Balaban J connectivity index is 1.52. The number of benzene rings is 1. The number of anilines is 4. The number of piperidine rings is 1. The molecule has 2 aliphatic heterocycles. The average molecular weight is 506 g/mol. The first-order valence-corrected chi connectivity index (χ1v) is 12.0. The van der Waals surface area contributed by atoms with Crippen LogP contribution >= 0.6 is 0 Å². The van der Waals surface area contributed by atoms with Crippen LogP contribution in [0.2, 0.25) is 0 Å². The van der Waals surface area contributed by atoms with Gasteiger partial charge in [-0.15, -0.1) is 0 Å². The zero-order valence-corrected chi connectivity index (χ0v) is 20.7. The monoisotopic (exact) mass is 505 g/mol. The smallest absolute Gasteiger partial charge is 0.316 e. The Morgan fingerprint density at radius 1 is 1.25 bits per heavy atom. The highest BCUT2D eigenvalue weighted by atomic mass is 19.1. The molecule has 3 heterocycles. The van der Waals surface area contributed by atoms with E-state index in [-0.39, 0.29) is 53.7 Å². The van der Waals surface area contributed by atoms with E-state index in [2.05, 4.69) is 44.7 Å². The van der Waals surface area contributed by atoms with Crippen LogP contribution in [-0.4, -0.2) is 65.4 Å². The van der Waals surface area contributed by atoms with Gasteiger partial charge in [0.1, 0.15) is 12.4 Å². The summed E-state index contributed by atoms with van der Waals surface area (Å²) in [5, 5.41) is 8.40. The number of ether oxygens (including phenoxy) is 2. The Hall–Kier alpha value is -3.25. The van der Waals surface area contributed by atoms with E-state index in [1.165, 1.54) is 19.6 Å². The Morgan fingerprint density at radius 2 is 2.06 bits per heavy atom. The summed E-state index contributed by atoms with van der Waals surface area (Å²) in [5.41, 5.74) is 5.35. The number of urea groups is 1. The van der Waals surface area contributed by atoms with Crippen molar-refractivity contribution in [3.63, 3.8) is 0 Å². The number of hydrogen-bond acceptors (Lipinski definition) is 8. The van der Waals surface area contributed by atoms with Crippen molar-refractivity contribution >= 4 is 29.2 Å². The van der Waals surface area contributed by atoms with E-state index in [1.807, 2.05) is 0 Å². The molecule has 12 heteroatoms. The van der Waals surface area contributed by atoms with E-state index in [1.54, 1.807) is 0 Å². The zero-order valence-electron chi connectivity index (χ0n) is 20.7. The normalized spacial score (nSPS) is 21.0. The highest BCUT2D eigenvalue weighted by Crippen LogP contribution is 2.39. The molecule has 2 amide bonds. The minimum absolute atomic E-state index is 0.00168. The molecule has 1 aromatic carbocycles. The maximum Gasteiger partial charge on any atom is 0.316 e. The molecule has 196 valence electrons. The van der Waals surface area contributed by atoms with Gasteiger partial charge in [0.25, 0.3) is 0 Å². The molecule has 36 heavy (non-hydrogen) atoms. The molecule has 0 aliphatic carbocycles. The molecule has 2 aromatic rings. The van der Waals surface area contributed by atoms with Crippen LogP contribution in [0.4, 0.5) is 36.7 Å². The molecule has 10 nitrogen and oxygen atoms in total. The van der Waals surface area contributed by atoms with Crippen molar-refractivity contribution in [3.05, 3.63) is 30.0 Å². The van der Waals surface area contributed by atoms with Crippen molar-refractivity contribution in [2.24, 2.45) is 5.73 Å². The van der Waals surface area contributed by atoms with Crippen molar-refractivity contribution < 1.29 is 23.0 Å². The van der Waals surface area contributed by atoms with Crippen LogP contribution in [0.1, 0.15) is 39.5 Å². The number of hydrogen-bond donors (Lipinski definition) is 4. The van der Waals surface area contributed by atoms with Gasteiger partial charge in [0.2, 0.25) is 5.95 Å². The number of aromatic nitrogens is 2. The molecule has 0 bridgehead atoms. The summed E-state index contributed by atoms with van der Waals surface area (Å²) < 4.78 is 39.9. The number of nitrogens with zero attached hydrogens (tertiary/aromatic N) is 3. The number of primary amides is 1. The fourth-order valence-corrected chi connectivity index (χ4v) is 5.20. The van der Waals surface area contributed by atoms with Crippen LogP contribution in [-0.2, 0) is 4.74 Å². The Kier molecular flexibility index (Phi) is 7.74. The second-order valence-corrected chi connectivity index (χ2v) is 9.76.